The van der Waals surface area contributed by atoms with Gasteiger partial charge in [0, 0.05) is 23.8 Å². The summed E-state index contributed by atoms with van der Waals surface area (Å²) < 4.78 is 0. The van der Waals surface area contributed by atoms with Crippen molar-refractivity contribution >= 4 is 51.4 Å². The van der Waals surface area contributed by atoms with Gasteiger partial charge >= 0.3 is 0 Å². The zero-order valence-electron chi connectivity index (χ0n) is 28.9. The Morgan fingerprint density at radius 3 is 2.02 bits per heavy atom. The smallest absolute Gasteiger partial charge is 0.123 e. The highest BCUT2D eigenvalue weighted by atomic mass is 28.3. The Balaban J connectivity index is 1.27. The first-order valence-corrected chi connectivity index (χ1v) is 20.5. The van der Waals surface area contributed by atoms with Gasteiger partial charge in [-0.05, 0) is 108 Å². The van der Waals surface area contributed by atoms with E-state index < -0.39 is 8.07 Å². The molecule has 0 bridgehead atoms. The van der Waals surface area contributed by atoms with Crippen molar-refractivity contribution in [1.82, 2.24) is 0 Å². The summed E-state index contributed by atoms with van der Waals surface area (Å²) in [7, 11) is 0.500. The lowest BCUT2D eigenvalue weighted by molar-refractivity contribution is 0.660. The third-order valence-electron chi connectivity index (χ3n) is 12.5. The fourth-order valence-electron chi connectivity index (χ4n) is 10.2. The van der Waals surface area contributed by atoms with Crippen LogP contribution in [0.1, 0.15) is 43.4 Å². The van der Waals surface area contributed by atoms with Crippen molar-refractivity contribution in [2.75, 3.05) is 11.9 Å². The van der Waals surface area contributed by atoms with Crippen LogP contribution in [0.15, 0.2) is 127 Å². The average molecular weight is 648 g/mol. The highest BCUT2D eigenvalue weighted by Crippen LogP contribution is 2.54. The fourth-order valence-corrected chi connectivity index (χ4v) is 15.8. The van der Waals surface area contributed by atoms with E-state index in [0.29, 0.717) is 0 Å². The molecule has 1 nitrogen and oxygen atoms in total. The highest BCUT2D eigenvalue weighted by molar-refractivity contribution is 7.04. The summed E-state index contributed by atoms with van der Waals surface area (Å²) in [4.78, 5) is 2.49. The number of para-hydroxylation sites is 1. The van der Waals surface area contributed by atoms with E-state index in [9.17, 15) is 0 Å². The Bertz CT molecular complexity index is 2510. The van der Waals surface area contributed by atoms with Crippen LogP contribution in [-0.4, -0.2) is 15.1 Å². The molecule has 0 aromatic heterocycles. The molecule has 1 saturated heterocycles. The van der Waals surface area contributed by atoms with E-state index in [2.05, 4.69) is 160 Å². The van der Waals surface area contributed by atoms with Crippen molar-refractivity contribution in [2.45, 2.75) is 51.1 Å². The SMILES string of the molecule is Cc1ccc2c(-c3ccc4c(c3)N(C)c3ccccc3[Si]43CCCC3)c3ccccc3c(-c3cccc4c3-c3ccccc3C4(C)C)c2c1. The quantitative estimate of drug-likeness (QED) is 0.133. The highest BCUT2D eigenvalue weighted by Gasteiger charge is 2.46. The molecule has 2 heterocycles. The third-order valence-corrected chi connectivity index (χ3v) is 17.8. The van der Waals surface area contributed by atoms with Crippen LogP contribution in [0.4, 0.5) is 11.4 Å². The maximum Gasteiger partial charge on any atom is 0.123 e. The maximum absolute atomic E-state index is 2.54. The number of nitrogens with zero attached hydrogens (tertiary/aromatic N) is 1. The second-order valence-corrected chi connectivity index (χ2v) is 19.6. The van der Waals surface area contributed by atoms with Gasteiger partial charge in [-0.2, -0.15) is 0 Å². The number of hydrogen-bond acceptors (Lipinski definition) is 1. The van der Waals surface area contributed by atoms with Crippen molar-refractivity contribution in [3.63, 3.8) is 0 Å². The van der Waals surface area contributed by atoms with Gasteiger partial charge in [-0.3, -0.25) is 0 Å². The lowest BCUT2D eigenvalue weighted by Gasteiger charge is -2.41. The Morgan fingerprint density at radius 2 is 1.18 bits per heavy atom. The number of benzene rings is 7. The second-order valence-electron chi connectivity index (χ2n) is 15.3. The lowest BCUT2D eigenvalue weighted by atomic mass is 9.80. The molecular weight excluding hydrogens is 607 g/mol. The van der Waals surface area contributed by atoms with E-state index in [1.54, 1.807) is 10.4 Å². The van der Waals surface area contributed by atoms with Crippen LogP contribution < -0.4 is 15.3 Å². The standard InChI is InChI=1S/C47H41NSi/c1-30-22-24-34-37(28-30)45(36-17-13-19-39-46(36)35-16-7-8-18-38(35)47(39,2)3)33-15-6-5-14-32(33)44(34)31-23-25-43-41(29-31)48(4)40-20-9-10-21-42(40)49(43)26-11-12-27-49/h5-10,13-25,28-29H,11-12,26-27H2,1-4H3. The number of aryl methyl sites for hydroxylation is 1. The molecule has 3 aliphatic rings. The van der Waals surface area contributed by atoms with Crippen LogP contribution in [0.5, 0.6) is 0 Å². The number of rotatable bonds is 2. The lowest BCUT2D eigenvalue weighted by Crippen LogP contribution is -2.61. The van der Waals surface area contributed by atoms with Crippen molar-refractivity contribution in [2.24, 2.45) is 0 Å². The number of anilines is 2. The van der Waals surface area contributed by atoms with E-state index >= 15 is 0 Å². The molecule has 0 radical (unpaired) electrons. The Hall–Kier alpha value is -4.92. The zero-order valence-corrected chi connectivity index (χ0v) is 29.9. The van der Waals surface area contributed by atoms with Crippen molar-refractivity contribution in [3.8, 4) is 33.4 Å². The van der Waals surface area contributed by atoms with Gasteiger partial charge in [-0.1, -0.05) is 148 Å². The molecule has 1 aliphatic carbocycles. The predicted octanol–water partition coefficient (Wildman–Crippen LogP) is 11.4. The zero-order chi connectivity index (χ0) is 33.1. The molecule has 238 valence electrons. The summed E-state index contributed by atoms with van der Waals surface area (Å²) in [6.45, 7) is 7.01. The van der Waals surface area contributed by atoms with E-state index in [0.717, 1.165) is 0 Å². The molecule has 1 spiro atoms. The molecule has 2 aliphatic heterocycles. The van der Waals surface area contributed by atoms with Gasteiger partial charge in [0.15, 0.2) is 0 Å². The van der Waals surface area contributed by atoms with Gasteiger partial charge in [-0.15, -0.1) is 0 Å². The number of hydrogen-bond donors (Lipinski definition) is 0. The van der Waals surface area contributed by atoms with E-state index in [1.165, 1.54) is 108 Å². The van der Waals surface area contributed by atoms with Crippen LogP contribution in [0.2, 0.25) is 12.1 Å². The van der Waals surface area contributed by atoms with Gasteiger partial charge in [0.2, 0.25) is 0 Å². The van der Waals surface area contributed by atoms with Gasteiger partial charge in [0.05, 0.1) is 0 Å². The van der Waals surface area contributed by atoms with Crippen LogP contribution in [0.3, 0.4) is 0 Å². The minimum Gasteiger partial charge on any atom is -0.345 e. The molecule has 10 rings (SSSR count). The minimum atomic E-state index is -1.79. The van der Waals surface area contributed by atoms with Crippen molar-refractivity contribution < 1.29 is 0 Å². The van der Waals surface area contributed by atoms with Crippen LogP contribution in [0, 0.1) is 6.92 Å². The fraction of sp³-hybridized carbons (Fsp3) is 0.191. The van der Waals surface area contributed by atoms with Gasteiger partial charge in [-0.25, -0.2) is 0 Å². The summed E-state index contributed by atoms with van der Waals surface area (Å²) in [6, 6.07) is 52.0. The van der Waals surface area contributed by atoms with Gasteiger partial charge < -0.3 is 4.90 Å². The molecule has 1 fully saturated rings. The first-order chi connectivity index (χ1) is 23.9. The summed E-state index contributed by atoms with van der Waals surface area (Å²) in [5.41, 5.74) is 15.0. The molecular formula is C47H41NSi. The van der Waals surface area contributed by atoms with Crippen molar-refractivity contribution in [1.29, 1.82) is 0 Å². The third kappa shape index (κ3) is 3.87. The monoisotopic (exact) mass is 647 g/mol. The molecule has 0 saturated carbocycles. The van der Waals surface area contributed by atoms with Crippen LogP contribution >= 0.6 is 0 Å². The van der Waals surface area contributed by atoms with E-state index in [1.807, 2.05) is 0 Å². The van der Waals surface area contributed by atoms with Crippen molar-refractivity contribution in [3.05, 3.63) is 144 Å². The molecule has 7 aromatic rings. The first kappa shape index (κ1) is 29.0. The molecule has 7 aromatic carbocycles. The van der Waals surface area contributed by atoms with Crippen LogP contribution in [0.25, 0.3) is 54.9 Å². The largest absolute Gasteiger partial charge is 0.345 e. The van der Waals surface area contributed by atoms with Crippen LogP contribution in [-0.2, 0) is 5.41 Å². The summed E-state index contributed by atoms with van der Waals surface area (Å²) in [5.74, 6) is 0. The molecule has 0 amide bonds. The Kier molecular flexibility index (Phi) is 6.10. The minimum absolute atomic E-state index is 0.0445. The second kappa shape index (κ2) is 10.3. The van der Waals surface area contributed by atoms with E-state index in [-0.39, 0.29) is 5.41 Å². The first-order valence-electron chi connectivity index (χ1n) is 18.1. The molecule has 0 unspecified atom stereocenters. The average Bonchev–Trinajstić information content (AvgIpc) is 3.71. The summed E-state index contributed by atoms with van der Waals surface area (Å²) >= 11 is 0. The summed E-state index contributed by atoms with van der Waals surface area (Å²) in [6.07, 6.45) is 2.71. The maximum atomic E-state index is 2.54. The molecule has 2 heteroatoms. The van der Waals surface area contributed by atoms with Gasteiger partial charge in [0.25, 0.3) is 0 Å². The van der Waals surface area contributed by atoms with E-state index in [4.69, 9.17) is 0 Å². The Labute approximate surface area is 290 Å². The predicted molar refractivity (Wildman–Crippen MR) is 213 cm³/mol. The number of fused-ring (bicyclic) bond motifs is 9. The van der Waals surface area contributed by atoms with Gasteiger partial charge in [0.1, 0.15) is 8.07 Å². The normalized spacial score (nSPS) is 16.5. The molecule has 0 N–H and O–H groups in total. The summed E-state index contributed by atoms with van der Waals surface area (Å²) in [5, 5.41) is 8.59. The topological polar surface area (TPSA) is 3.24 Å². The molecule has 49 heavy (non-hydrogen) atoms. The Morgan fingerprint density at radius 1 is 0.531 bits per heavy atom. The molecule has 0 atom stereocenters.